The number of hydrogen-bond acceptors (Lipinski definition) is 6. The molecule has 134 valence electrons. The third-order valence-corrected chi connectivity index (χ3v) is 3.65. The lowest BCUT2D eigenvalue weighted by atomic mass is 10.1. The molecule has 0 radical (unpaired) electrons. The third kappa shape index (κ3) is 4.42. The number of rotatable bonds is 8. The molecule has 8 nitrogen and oxygen atoms in total. The molecule has 0 aliphatic heterocycles. The van der Waals surface area contributed by atoms with Crippen LogP contribution in [0.1, 0.15) is 15.9 Å². The Morgan fingerprint density at radius 3 is 2.85 bits per heavy atom. The van der Waals surface area contributed by atoms with Crippen molar-refractivity contribution in [3.05, 3.63) is 66.0 Å². The first-order chi connectivity index (χ1) is 12.8. The molecule has 26 heavy (non-hydrogen) atoms. The maximum absolute atomic E-state index is 12.6. The van der Waals surface area contributed by atoms with Gasteiger partial charge in [0.05, 0.1) is 17.9 Å². The first-order valence-corrected chi connectivity index (χ1v) is 8.09. The van der Waals surface area contributed by atoms with Crippen molar-refractivity contribution < 1.29 is 14.3 Å². The standard InChI is InChI=1S/C18H19N5O3/c1-25-9-10-26-15-6-4-5-14(11-15)12-19-18(24)16-7-2-3-8-17(16)23-13-20-21-22-23/h2-8,11,13H,9-10,12H2,1H3,(H,19,24). The molecule has 1 aromatic heterocycles. The van der Waals surface area contributed by atoms with Gasteiger partial charge >= 0.3 is 0 Å². The van der Waals surface area contributed by atoms with E-state index in [0.717, 1.165) is 11.3 Å². The molecule has 2 aromatic carbocycles. The second kappa shape index (κ2) is 8.72. The summed E-state index contributed by atoms with van der Waals surface area (Å²) in [5.74, 6) is 0.532. The zero-order valence-corrected chi connectivity index (χ0v) is 14.3. The Balaban J connectivity index is 1.66. The highest BCUT2D eigenvalue weighted by Gasteiger charge is 2.13. The van der Waals surface area contributed by atoms with Crippen molar-refractivity contribution in [2.45, 2.75) is 6.54 Å². The number of amides is 1. The minimum absolute atomic E-state index is 0.207. The average molecular weight is 353 g/mol. The molecule has 0 atom stereocenters. The van der Waals surface area contributed by atoms with E-state index in [4.69, 9.17) is 9.47 Å². The van der Waals surface area contributed by atoms with Gasteiger partial charge in [-0.1, -0.05) is 24.3 Å². The molecule has 1 N–H and O–H groups in total. The molecule has 3 rings (SSSR count). The molecule has 0 unspecified atom stereocenters. The van der Waals surface area contributed by atoms with Crippen molar-refractivity contribution in [3.8, 4) is 11.4 Å². The second-order valence-corrected chi connectivity index (χ2v) is 5.44. The Hall–Kier alpha value is -3.26. The molecule has 0 bridgehead atoms. The molecule has 0 saturated heterocycles. The number of hydrogen-bond donors (Lipinski definition) is 1. The van der Waals surface area contributed by atoms with E-state index in [2.05, 4.69) is 20.8 Å². The van der Waals surface area contributed by atoms with E-state index >= 15 is 0 Å². The molecular formula is C18H19N5O3. The van der Waals surface area contributed by atoms with Gasteiger partial charge in [-0.15, -0.1) is 5.10 Å². The van der Waals surface area contributed by atoms with Crippen LogP contribution in [-0.2, 0) is 11.3 Å². The number of ether oxygens (including phenoxy) is 2. The normalized spacial score (nSPS) is 10.5. The minimum atomic E-state index is -0.207. The molecule has 1 heterocycles. The summed E-state index contributed by atoms with van der Waals surface area (Å²) in [4.78, 5) is 12.6. The van der Waals surface area contributed by atoms with Gasteiger partial charge in [-0.3, -0.25) is 4.79 Å². The fraction of sp³-hybridized carbons (Fsp3) is 0.222. The number of carbonyl (C=O) groups excluding carboxylic acids is 1. The predicted molar refractivity (Wildman–Crippen MR) is 94.1 cm³/mol. The monoisotopic (exact) mass is 353 g/mol. The van der Waals surface area contributed by atoms with Crippen molar-refractivity contribution in [1.82, 2.24) is 25.5 Å². The van der Waals surface area contributed by atoms with Gasteiger partial charge in [-0.25, -0.2) is 0 Å². The van der Waals surface area contributed by atoms with Crippen LogP contribution in [0.5, 0.6) is 5.75 Å². The highest BCUT2D eigenvalue weighted by molar-refractivity contribution is 5.97. The van der Waals surface area contributed by atoms with Crippen LogP contribution in [0.25, 0.3) is 5.69 Å². The van der Waals surface area contributed by atoms with Crippen molar-refractivity contribution >= 4 is 5.91 Å². The topological polar surface area (TPSA) is 91.2 Å². The number of methoxy groups -OCH3 is 1. The van der Waals surface area contributed by atoms with Crippen molar-refractivity contribution in [2.75, 3.05) is 20.3 Å². The lowest BCUT2D eigenvalue weighted by Gasteiger charge is -2.11. The van der Waals surface area contributed by atoms with Crippen molar-refractivity contribution in [2.24, 2.45) is 0 Å². The van der Waals surface area contributed by atoms with E-state index in [-0.39, 0.29) is 5.91 Å². The summed E-state index contributed by atoms with van der Waals surface area (Å²) in [7, 11) is 1.63. The Morgan fingerprint density at radius 2 is 2.04 bits per heavy atom. The van der Waals surface area contributed by atoms with Gasteiger partial charge < -0.3 is 14.8 Å². The molecule has 0 saturated carbocycles. The number of nitrogens with one attached hydrogen (secondary N) is 1. The van der Waals surface area contributed by atoms with Crippen LogP contribution in [0.15, 0.2) is 54.9 Å². The van der Waals surface area contributed by atoms with E-state index in [1.165, 1.54) is 11.0 Å². The summed E-state index contributed by atoms with van der Waals surface area (Å²) < 4.78 is 12.0. The van der Waals surface area contributed by atoms with Crippen LogP contribution in [0.3, 0.4) is 0 Å². The van der Waals surface area contributed by atoms with Gasteiger partial charge in [-0.05, 0) is 40.3 Å². The second-order valence-electron chi connectivity index (χ2n) is 5.44. The fourth-order valence-electron chi connectivity index (χ4n) is 2.40. The summed E-state index contributed by atoms with van der Waals surface area (Å²) in [5.41, 5.74) is 2.05. The number of benzene rings is 2. The summed E-state index contributed by atoms with van der Waals surface area (Å²) in [6, 6.07) is 14.7. The SMILES string of the molecule is COCCOc1cccc(CNC(=O)c2ccccc2-n2cnnn2)c1. The van der Waals surface area contributed by atoms with Gasteiger partial charge in [-0.2, -0.15) is 4.68 Å². The number of para-hydroxylation sites is 1. The van der Waals surface area contributed by atoms with Crippen LogP contribution in [0.2, 0.25) is 0 Å². The van der Waals surface area contributed by atoms with Gasteiger partial charge in [0.2, 0.25) is 0 Å². The maximum Gasteiger partial charge on any atom is 0.253 e. The average Bonchev–Trinajstić information content (AvgIpc) is 3.21. The molecule has 3 aromatic rings. The summed E-state index contributed by atoms with van der Waals surface area (Å²) >= 11 is 0. The molecule has 0 spiro atoms. The summed E-state index contributed by atoms with van der Waals surface area (Å²) in [6.45, 7) is 1.38. The largest absolute Gasteiger partial charge is 0.491 e. The fourth-order valence-corrected chi connectivity index (χ4v) is 2.40. The summed E-state index contributed by atoms with van der Waals surface area (Å²) in [5, 5.41) is 14.0. The van der Waals surface area contributed by atoms with Gasteiger partial charge in [0, 0.05) is 13.7 Å². The van der Waals surface area contributed by atoms with Crippen molar-refractivity contribution in [3.63, 3.8) is 0 Å². The Labute approximate surface area is 150 Å². The number of carbonyl (C=O) groups is 1. The number of aromatic nitrogens is 4. The lowest BCUT2D eigenvalue weighted by Crippen LogP contribution is -2.24. The molecule has 0 aliphatic carbocycles. The Morgan fingerprint density at radius 1 is 1.15 bits per heavy atom. The molecule has 0 fully saturated rings. The van der Waals surface area contributed by atoms with E-state index in [1.807, 2.05) is 30.3 Å². The Bertz CT molecular complexity index is 852. The van der Waals surface area contributed by atoms with Gasteiger partial charge in [0.1, 0.15) is 18.7 Å². The summed E-state index contributed by atoms with van der Waals surface area (Å²) in [6.07, 6.45) is 1.45. The maximum atomic E-state index is 12.6. The van der Waals surface area contributed by atoms with E-state index in [1.54, 1.807) is 25.3 Å². The third-order valence-electron chi connectivity index (χ3n) is 3.65. The predicted octanol–water partition coefficient (Wildman–Crippen LogP) is 1.62. The van der Waals surface area contributed by atoms with Crippen LogP contribution in [0.4, 0.5) is 0 Å². The van der Waals surface area contributed by atoms with E-state index < -0.39 is 0 Å². The van der Waals surface area contributed by atoms with Crippen LogP contribution >= 0.6 is 0 Å². The molecule has 1 amide bonds. The van der Waals surface area contributed by atoms with Gasteiger partial charge in [0.25, 0.3) is 5.91 Å². The lowest BCUT2D eigenvalue weighted by molar-refractivity contribution is 0.0950. The van der Waals surface area contributed by atoms with Crippen molar-refractivity contribution in [1.29, 1.82) is 0 Å². The van der Waals surface area contributed by atoms with E-state index in [0.29, 0.717) is 31.0 Å². The molecular weight excluding hydrogens is 334 g/mol. The van der Waals surface area contributed by atoms with Crippen LogP contribution in [-0.4, -0.2) is 46.4 Å². The zero-order valence-electron chi connectivity index (χ0n) is 14.3. The highest BCUT2D eigenvalue weighted by atomic mass is 16.5. The number of tetrazole rings is 1. The van der Waals surface area contributed by atoms with E-state index in [9.17, 15) is 4.79 Å². The van der Waals surface area contributed by atoms with Crippen LogP contribution < -0.4 is 10.1 Å². The van der Waals surface area contributed by atoms with Gasteiger partial charge in [0.15, 0.2) is 0 Å². The smallest absolute Gasteiger partial charge is 0.253 e. The quantitative estimate of drug-likeness (QED) is 0.619. The molecule has 8 heteroatoms. The van der Waals surface area contributed by atoms with Crippen LogP contribution in [0, 0.1) is 0 Å². The highest BCUT2D eigenvalue weighted by Crippen LogP contribution is 2.15. The first kappa shape index (κ1) is 17.6. The minimum Gasteiger partial charge on any atom is -0.491 e. The Kier molecular flexibility index (Phi) is 5.89. The number of nitrogens with zero attached hydrogens (tertiary/aromatic N) is 4. The zero-order chi connectivity index (χ0) is 18.2. The first-order valence-electron chi connectivity index (χ1n) is 8.09. The molecule has 0 aliphatic rings.